The summed E-state index contributed by atoms with van der Waals surface area (Å²) in [7, 11) is 2.78. The van der Waals surface area contributed by atoms with Gasteiger partial charge in [-0.05, 0) is 17.7 Å². The molecule has 5 nitrogen and oxygen atoms in total. The molecule has 30 heavy (non-hydrogen) atoms. The van der Waals surface area contributed by atoms with E-state index in [1.165, 1.54) is 14.2 Å². The van der Waals surface area contributed by atoms with Crippen LogP contribution in [-0.2, 0) is 9.53 Å². The van der Waals surface area contributed by atoms with Crippen molar-refractivity contribution in [3.63, 3.8) is 0 Å². The number of carbonyl (C=O) groups is 3. The highest BCUT2D eigenvalue weighted by atomic mass is 16.5. The average Bonchev–Trinajstić information content (AvgIpc) is 2.82. The molecule has 0 aromatic heterocycles. The number of hydrogen-bond acceptors (Lipinski definition) is 5. The molecular formula is C25H22O5. The minimum Gasteiger partial charge on any atom is -0.497 e. The quantitative estimate of drug-likeness (QED) is 0.319. The monoisotopic (exact) mass is 402 g/mol. The Morgan fingerprint density at radius 3 is 1.53 bits per heavy atom. The smallest absolute Gasteiger partial charge is 0.314 e. The van der Waals surface area contributed by atoms with Gasteiger partial charge in [0.25, 0.3) is 0 Å². The van der Waals surface area contributed by atoms with Gasteiger partial charge in [-0.3, -0.25) is 14.4 Å². The Balaban J connectivity index is 2.14. The molecule has 5 heteroatoms. The molecule has 3 aromatic carbocycles. The van der Waals surface area contributed by atoms with Gasteiger partial charge in [0.1, 0.15) is 11.7 Å². The molecule has 0 saturated carbocycles. The van der Waals surface area contributed by atoms with Crippen LogP contribution in [0.1, 0.15) is 32.2 Å². The molecule has 0 spiro atoms. The van der Waals surface area contributed by atoms with Gasteiger partial charge >= 0.3 is 5.97 Å². The fraction of sp³-hybridized carbons (Fsp3) is 0.160. The first-order valence-corrected chi connectivity index (χ1v) is 9.47. The summed E-state index contributed by atoms with van der Waals surface area (Å²) in [5.41, 5.74) is 1.21. The molecule has 1 unspecified atom stereocenters. The Morgan fingerprint density at radius 1 is 0.667 bits per heavy atom. The van der Waals surface area contributed by atoms with Crippen molar-refractivity contribution in [1.82, 2.24) is 0 Å². The highest BCUT2D eigenvalue weighted by molar-refractivity contribution is 6.18. The van der Waals surface area contributed by atoms with Crippen LogP contribution in [0.5, 0.6) is 5.75 Å². The van der Waals surface area contributed by atoms with E-state index in [-0.39, 0.29) is 0 Å². The zero-order chi connectivity index (χ0) is 21.5. The van der Waals surface area contributed by atoms with Crippen LogP contribution in [-0.4, -0.2) is 31.8 Å². The van der Waals surface area contributed by atoms with Gasteiger partial charge in [-0.1, -0.05) is 72.8 Å². The van der Waals surface area contributed by atoms with Crippen molar-refractivity contribution < 1.29 is 23.9 Å². The second-order valence-corrected chi connectivity index (χ2v) is 6.71. The Labute approximate surface area is 175 Å². The number of methoxy groups -OCH3 is 2. The summed E-state index contributed by atoms with van der Waals surface area (Å²) in [6.07, 6.45) is 0. The number of hydrogen-bond donors (Lipinski definition) is 0. The van der Waals surface area contributed by atoms with Crippen molar-refractivity contribution in [2.24, 2.45) is 5.92 Å². The Bertz CT molecular complexity index is 959. The maximum absolute atomic E-state index is 13.5. The van der Waals surface area contributed by atoms with Gasteiger partial charge in [0.05, 0.1) is 20.1 Å². The van der Waals surface area contributed by atoms with E-state index < -0.39 is 29.4 Å². The SMILES string of the molecule is COC(=O)C(c1ccc(OC)cc1)C(C(=O)c1ccccc1)C(=O)c1ccccc1. The van der Waals surface area contributed by atoms with Gasteiger partial charge < -0.3 is 9.47 Å². The first-order chi connectivity index (χ1) is 14.6. The van der Waals surface area contributed by atoms with Crippen LogP contribution in [0.4, 0.5) is 0 Å². The summed E-state index contributed by atoms with van der Waals surface area (Å²) in [5, 5.41) is 0. The molecule has 0 radical (unpaired) electrons. The molecule has 3 aromatic rings. The van der Waals surface area contributed by atoms with Crippen molar-refractivity contribution >= 4 is 17.5 Å². The van der Waals surface area contributed by atoms with E-state index in [1.807, 2.05) is 0 Å². The number of ether oxygens (including phenoxy) is 2. The summed E-state index contributed by atoms with van der Waals surface area (Å²) in [4.78, 5) is 39.8. The molecule has 0 heterocycles. The highest BCUT2D eigenvalue weighted by Crippen LogP contribution is 2.33. The molecule has 0 aliphatic rings. The molecular weight excluding hydrogens is 380 g/mol. The van der Waals surface area contributed by atoms with Gasteiger partial charge in [-0.25, -0.2) is 0 Å². The maximum atomic E-state index is 13.5. The summed E-state index contributed by atoms with van der Waals surface area (Å²) in [6.45, 7) is 0. The molecule has 1 atom stereocenters. The molecule has 0 saturated heterocycles. The molecule has 0 fully saturated rings. The van der Waals surface area contributed by atoms with E-state index in [0.29, 0.717) is 22.4 Å². The van der Waals surface area contributed by atoms with E-state index in [4.69, 9.17) is 9.47 Å². The lowest BCUT2D eigenvalue weighted by Gasteiger charge is -2.24. The predicted molar refractivity (Wildman–Crippen MR) is 113 cm³/mol. The molecule has 152 valence electrons. The topological polar surface area (TPSA) is 69.7 Å². The molecule has 0 aliphatic heterocycles. The van der Waals surface area contributed by atoms with Crippen molar-refractivity contribution in [2.75, 3.05) is 14.2 Å². The third-order valence-corrected chi connectivity index (χ3v) is 4.94. The zero-order valence-electron chi connectivity index (χ0n) is 16.8. The fourth-order valence-electron chi connectivity index (χ4n) is 3.39. The lowest BCUT2D eigenvalue weighted by atomic mass is 9.77. The van der Waals surface area contributed by atoms with Crippen LogP contribution in [0.25, 0.3) is 0 Å². The second-order valence-electron chi connectivity index (χ2n) is 6.71. The summed E-state index contributed by atoms with van der Waals surface area (Å²) in [5.74, 6) is -3.29. The first kappa shape index (κ1) is 21.0. The van der Waals surface area contributed by atoms with Gasteiger partial charge in [0, 0.05) is 11.1 Å². The Morgan fingerprint density at radius 2 is 1.13 bits per heavy atom. The average molecular weight is 402 g/mol. The molecule has 0 amide bonds. The van der Waals surface area contributed by atoms with Crippen LogP contribution < -0.4 is 4.74 Å². The first-order valence-electron chi connectivity index (χ1n) is 9.47. The van der Waals surface area contributed by atoms with Crippen LogP contribution in [0, 0.1) is 5.92 Å². The van der Waals surface area contributed by atoms with Crippen LogP contribution in [0.3, 0.4) is 0 Å². The van der Waals surface area contributed by atoms with Crippen molar-refractivity contribution in [2.45, 2.75) is 5.92 Å². The normalized spacial score (nSPS) is 11.6. The van der Waals surface area contributed by atoms with E-state index in [2.05, 4.69) is 0 Å². The lowest BCUT2D eigenvalue weighted by Crippen LogP contribution is -2.35. The minimum absolute atomic E-state index is 0.356. The van der Waals surface area contributed by atoms with Crippen LogP contribution in [0.15, 0.2) is 84.9 Å². The summed E-state index contributed by atoms with van der Waals surface area (Å²) < 4.78 is 10.2. The minimum atomic E-state index is -1.27. The maximum Gasteiger partial charge on any atom is 0.314 e. The standard InChI is InChI=1S/C25H22O5/c1-29-20-15-13-17(14-16-20)21(25(28)30-2)22(23(26)18-9-5-3-6-10-18)24(27)19-11-7-4-8-12-19/h3-16,21-22H,1-2H3. The number of esters is 1. The zero-order valence-corrected chi connectivity index (χ0v) is 16.8. The van der Waals surface area contributed by atoms with Crippen molar-refractivity contribution in [3.8, 4) is 5.75 Å². The summed E-state index contributed by atoms with van der Waals surface area (Å²) in [6, 6.07) is 23.7. The molecule has 0 bridgehead atoms. The van der Waals surface area contributed by atoms with Gasteiger partial charge in [-0.15, -0.1) is 0 Å². The van der Waals surface area contributed by atoms with Crippen LogP contribution in [0.2, 0.25) is 0 Å². The number of benzene rings is 3. The second kappa shape index (κ2) is 9.65. The van der Waals surface area contributed by atoms with E-state index in [9.17, 15) is 14.4 Å². The van der Waals surface area contributed by atoms with Gasteiger partial charge in [0.2, 0.25) is 0 Å². The van der Waals surface area contributed by atoms with Crippen LogP contribution >= 0.6 is 0 Å². The largest absolute Gasteiger partial charge is 0.497 e. The third-order valence-electron chi connectivity index (χ3n) is 4.94. The van der Waals surface area contributed by atoms with Crippen molar-refractivity contribution in [1.29, 1.82) is 0 Å². The van der Waals surface area contributed by atoms with E-state index >= 15 is 0 Å². The number of Topliss-reactive ketones (excluding diaryl/α,β-unsaturated/α-hetero) is 2. The summed E-state index contributed by atoms with van der Waals surface area (Å²) >= 11 is 0. The Hall–Kier alpha value is -3.73. The highest BCUT2D eigenvalue weighted by Gasteiger charge is 2.41. The number of carbonyl (C=O) groups excluding carboxylic acids is 3. The molecule has 3 rings (SSSR count). The fourth-order valence-corrected chi connectivity index (χ4v) is 3.39. The predicted octanol–water partition coefficient (Wildman–Crippen LogP) is 4.33. The van der Waals surface area contributed by atoms with E-state index in [1.54, 1.807) is 84.9 Å². The molecule has 0 aliphatic carbocycles. The Kier molecular flexibility index (Phi) is 6.75. The molecule has 0 N–H and O–H groups in total. The van der Waals surface area contributed by atoms with E-state index in [0.717, 1.165) is 0 Å². The third kappa shape index (κ3) is 4.46. The number of ketones is 2. The lowest BCUT2D eigenvalue weighted by molar-refractivity contribution is -0.143. The number of rotatable bonds is 8. The van der Waals surface area contributed by atoms with Crippen molar-refractivity contribution in [3.05, 3.63) is 102 Å². The van der Waals surface area contributed by atoms with Gasteiger partial charge in [-0.2, -0.15) is 0 Å². The van der Waals surface area contributed by atoms with Gasteiger partial charge in [0.15, 0.2) is 11.6 Å².